The number of aryl methyl sites for hydroxylation is 2. The lowest BCUT2D eigenvalue weighted by Crippen LogP contribution is -2.41. The molecule has 9 nitrogen and oxygen atoms in total. The molecule has 4 heterocycles. The molecule has 29 heavy (non-hydrogen) atoms. The number of nitrogens with zero attached hydrogens (tertiary/aromatic N) is 4. The van der Waals surface area contributed by atoms with E-state index in [4.69, 9.17) is 0 Å². The van der Waals surface area contributed by atoms with E-state index < -0.39 is 21.9 Å². The van der Waals surface area contributed by atoms with E-state index in [9.17, 15) is 13.2 Å². The Morgan fingerprint density at radius 3 is 2.76 bits per heavy atom. The summed E-state index contributed by atoms with van der Waals surface area (Å²) in [7, 11) is -3.28. The zero-order valence-electron chi connectivity index (χ0n) is 15.9. The number of aromatic amines is 1. The highest BCUT2D eigenvalue weighted by molar-refractivity contribution is 7.91. The van der Waals surface area contributed by atoms with Gasteiger partial charge in [0.05, 0.1) is 29.9 Å². The largest absolute Gasteiger partial charge is 0.350 e. The summed E-state index contributed by atoms with van der Waals surface area (Å²) in [5, 5.41) is 2.92. The molecular formula is C19H22N6O3S. The van der Waals surface area contributed by atoms with Crippen molar-refractivity contribution in [1.29, 1.82) is 0 Å². The van der Waals surface area contributed by atoms with Crippen LogP contribution in [-0.4, -0.2) is 56.4 Å². The summed E-state index contributed by atoms with van der Waals surface area (Å²) in [5.74, 6) is 0.277. The summed E-state index contributed by atoms with van der Waals surface area (Å²) < 4.78 is 26.5. The summed E-state index contributed by atoms with van der Waals surface area (Å²) in [4.78, 5) is 28.1. The Morgan fingerprint density at radius 1 is 1.24 bits per heavy atom. The molecule has 10 heteroatoms. The van der Waals surface area contributed by atoms with Crippen LogP contribution in [0.3, 0.4) is 0 Å². The topological polar surface area (TPSA) is 123 Å². The first-order valence-corrected chi connectivity index (χ1v) is 11.2. The molecule has 4 rings (SSSR count). The van der Waals surface area contributed by atoms with Crippen LogP contribution >= 0.6 is 0 Å². The second kappa shape index (κ2) is 7.78. The molecule has 0 radical (unpaired) electrons. The van der Waals surface area contributed by atoms with Crippen molar-refractivity contribution in [3.63, 3.8) is 0 Å². The van der Waals surface area contributed by atoms with E-state index in [-0.39, 0.29) is 23.8 Å². The monoisotopic (exact) mass is 414 g/mol. The Balaban J connectivity index is 1.52. The molecule has 1 amide bonds. The van der Waals surface area contributed by atoms with Crippen LogP contribution in [0.2, 0.25) is 0 Å². The molecule has 0 spiro atoms. The fraction of sp³-hybridized carbons (Fsp3) is 0.368. The number of carbonyl (C=O) groups excluding carboxylic acids is 1. The van der Waals surface area contributed by atoms with E-state index in [2.05, 4.69) is 25.3 Å². The SMILES string of the molecule is Cc1[nH]cnc1-c1nccn1[C@@H]1CS(=O)(=O)C[C@H]1NC(=O)CCc1ccncc1. The first-order valence-electron chi connectivity index (χ1n) is 9.35. The van der Waals surface area contributed by atoms with Crippen LogP contribution in [0.25, 0.3) is 11.5 Å². The third-order valence-corrected chi connectivity index (χ3v) is 6.84. The van der Waals surface area contributed by atoms with Gasteiger partial charge in [0.2, 0.25) is 5.91 Å². The molecule has 1 aliphatic heterocycles. The number of hydrogen-bond acceptors (Lipinski definition) is 6. The number of amides is 1. The molecule has 0 saturated carbocycles. The molecule has 3 aromatic heterocycles. The molecule has 1 aliphatic rings. The lowest BCUT2D eigenvalue weighted by atomic mass is 10.1. The number of hydrogen-bond donors (Lipinski definition) is 2. The minimum atomic E-state index is -3.28. The predicted molar refractivity (Wildman–Crippen MR) is 107 cm³/mol. The van der Waals surface area contributed by atoms with Crippen LogP contribution in [0.15, 0.2) is 43.2 Å². The van der Waals surface area contributed by atoms with Crippen molar-refractivity contribution >= 4 is 15.7 Å². The van der Waals surface area contributed by atoms with Crippen LogP contribution in [0.4, 0.5) is 0 Å². The standard InChI is InChI=1S/C19H22N6O3S/c1-13-18(23-12-22-13)19-21-8-9-25(19)16-11-29(27,28)10-15(16)24-17(26)3-2-14-4-6-20-7-5-14/h4-9,12,15-16H,2-3,10-11H2,1H3,(H,22,23)(H,24,26)/t15-,16-/m1/s1. The number of imidazole rings is 2. The maximum absolute atomic E-state index is 12.5. The van der Waals surface area contributed by atoms with Crippen molar-refractivity contribution in [2.24, 2.45) is 0 Å². The molecule has 152 valence electrons. The van der Waals surface area contributed by atoms with Gasteiger partial charge in [-0.3, -0.25) is 9.78 Å². The average Bonchev–Trinajstić information content (AvgIpc) is 3.39. The molecule has 1 fully saturated rings. The van der Waals surface area contributed by atoms with Crippen LogP contribution < -0.4 is 5.32 Å². The molecule has 2 N–H and O–H groups in total. The summed E-state index contributed by atoms with van der Waals surface area (Å²) >= 11 is 0. The Morgan fingerprint density at radius 2 is 2.03 bits per heavy atom. The van der Waals surface area contributed by atoms with Crippen LogP contribution in [-0.2, 0) is 21.1 Å². The van der Waals surface area contributed by atoms with Crippen molar-refractivity contribution < 1.29 is 13.2 Å². The number of pyridine rings is 1. The number of nitrogens with one attached hydrogen (secondary N) is 2. The lowest BCUT2D eigenvalue weighted by Gasteiger charge is -2.22. The summed E-state index contributed by atoms with van der Waals surface area (Å²) in [5.41, 5.74) is 2.52. The highest BCUT2D eigenvalue weighted by Gasteiger charge is 2.40. The fourth-order valence-electron chi connectivity index (χ4n) is 3.68. The minimum absolute atomic E-state index is 0.0465. The second-order valence-electron chi connectivity index (χ2n) is 7.21. The summed E-state index contributed by atoms with van der Waals surface area (Å²) in [6, 6.07) is 2.77. The molecule has 0 unspecified atom stereocenters. The molecule has 0 aromatic carbocycles. The molecule has 2 atom stereocenters. The molecule has 0 bridgehead atoms. The average molecular weight is 414 g/mol. The van der Waals surface area contributed by atoms with Gasteiger partial charge in [0.15, 0.2) is 15.7 Å². The number of aromatic nitrogens is 5. The van der Waals surface area contributed by atoms with Crippen LogP contribution in [0.1, 0.15) is 23.7 Å². The molecule has 1 saturated heterocycles. The first-order chi connectivity index (χ1) is 13.9. The molecule has 3 aromatic rings. The smallest absolute Gasteiger partial charge is 0.220 e. The third kappa shape index (κ3) is 4.21. The maximum Gasteiger partial charge on any atom is 0.220 e. The second-order valence-corrected chi connectivity index (χ2v) is 9.36. The first kappa shape index (κ1) is 19.3. The van der Waals surface area contributed by atoms with Crippen LogP contribution in [0.5, 0.6) is 0 Å². The summed E-state index contributed by atoms with van der Waals surface area (Å²) in [6.07, 6.45) is 9.16. The Hall–Kier alpha value is -3.01. The van der Waals surface area contributed by atoms with Gasteiger partial charge in [-0.25, -0.2) is 18.4 Å². The third-order valence-electron chi connectivity index (χ3n) is 5.13. The van der Waals surface area contributed by atoms with Crippen LogP contribution in [0, 0.1) is 6.92 Å². The van der Waals surface area contributed by atoms with Crippen molar-refractivity contribution in [3.8, 4) is 11.5 Å². The maximum atomic E-state index is 12.5. The van der Waals surface area contributed by atoms with Gasteiger partial charge in [-0.2, -0.15) is 0 Å². The zero-order chi connectivity index (χ0) is 20.4. The van der Waals surface area contributed by atoms with Gasteiger partial charge in [0.25, 0.3) is 0 Å². The molecular weight excluding hydrogens is 392 g/mol. The number of H-pyrrole nitrogens is 1. The van der Waals surface area contributed by atoms with E-state index in [0.29, 0.717) is 17.9 Å². The van der Waals surface area contributed by atoms with Gasteiger partial charge in [0, 0.05) is 36.9 Å². The highest BCUT2D eigenvalue weighted by Crippen LogP contribution is 2.29. The van der Waals surface area contributed by atoms with Gasteiger partial charge in [-0.1, -0.05) is 0 Å². The number of carbonyl (C=O) groups is 1. The Labute approximate surface area is 168 Å². The summed E-state index contributed by atoms with van der Waals surface area (Å²) in [6.45, 7) is 1.88. The van der Waals surface area contributed by atoms with Crippen molar-refractivity contribution in [2.45, 2.75) is 31.8 Å². The fourth-order valence-corrected chi connectivity index (χ4v) is 5.58. The van der Waals surface area contributed by atoms with Crippen molar-refractivity contribution in [2.75, 3.05) is 11.5 Å². The van der Waals surface area contributed by atoms with Gasteiger partial charge in [-0.15, -0.1) is 0 Å². The van der Waals surface area contributed by atoms with E-state index in [1.807, 2.05) is 23.6 Å². The van der Waals surface area contributed by atoms with Crippen molar-refractivity contribution in [1.82, 2.24) is 29.8 Å². The van der Waals surface area contributed by atoms with Gasteiger partial charge < -0.3 is 14.9 Å². The highest BCUT2D eigenvalue weighted by atomic mass is 32.2. The normalized spacial score (nSPS) is 20.6. The Bertz CT molecular complexity index is 1110. The number of sulfone groups is 1. The Kier molecular flexibility index (Phi) is 5.18. The van der Waals surface area contributed by atoms with E-state index >= 15 is 0 Å². The lowest BCUT2D eigenvalue weighted by molar-refractivity contribution is -0.121. The minimum Gasteiger partial charge on any atom is -0.350 e. The van der Waals surface area contributed by atoms with E-state index in [0.717, 1.165) is 11.3 Å². The quantitative estimate of drug-likeness (QED) is 0.622. The number of rotatable bonds is 6. The van der Waals surface area contributed by atoms with Gasteiger partial charge in [0.1, 0.15) is 5.69 Å². The van der Waals surface area contributed by atoms with E-state index in [1.54, 1.807) is 31.1 Å². The van der Waals surface area contributed by atoms with Gasteiger partial charge in [-0.05, 0) is 31.0 Å². The van der Waals surface area contributed by atoms with Gasteiger partial charge >= 0.3 is 0 Å². The van der Waals surface area contributed by atoms with E-state index in [1.165, 1.54) is 0 Å². The molecule has 0 aliphatic carbocycles. The van der Waals surface area contributed by atoms with Crippen molar-refractivity contribution in [3.05, 3.63) is 54.5 Å². The predicted octanol–water partition coefficient (Wildman–Crippen LogP) is 1.06. The zero-order valence-corrected chi connectivity index (χ0v) is 16.8.